The highest BCUT2D eigenvalue weighted by atomic mass is 16.4. The molecule has 0 aliphatic carbocycles. The molecule has 0 radical (unpaired) electrons. The van der Waals surface area contributed by atoms with Gasteiger partial charge in [0.1, 0.15) is 5.76 Å². The van der Waals surface area contributed by atoms with Crippen LogP contribution in [-0.4, -0.2) is 33.4 Å². The molecular weight excluding hydrogens is 306 g/mol. The van der Waals surface area contributed by atoms with Gasteiger partial charge in [-0.2, -0.15) is 0 Å². The molecule has 3 aromatic rings. The number of benzene rings is 1. The predicted molar refractivity (Wildman–Crippen MR) is 89.0 cm³/mol. The lowest BCUT2D eigenvalue weighted by molar-refractivity contribution is 0.0759. The molecule has 2 aromatic heterocycles. The average molecular weight is 323 g/mol. The van der Waals surface area contributed by atoms with Crippen molar-refractivity contribution in [2.24, 2.45) is 0 Å². The van der Waals surface area contributed by atoms with Gasteiger partial charge in [0, 0.05) is 13.1 Å². The molecule has 0 N–H and O–H groups in total. The molecule has 122 valence electrons. The Morgan fingerprint density at radius 3 is 2.75 bits per heavy atom. The van der Waals surface area contributed by atoms with Gasteiger partial charge in [0.2, 0.25) is 0 Å². The zero-order valence-electron chi connectivity index (χ0n) is 13.1. The molecular formula is C18H17N3O3. The molecule has 0 spiro atoms. The standard InChI is InChI=1S/C18H17N3O3/c22-17-14-5-1-2-6-15(14)19-12-21(17)11-13-7-8-16(24-13)18(23)20-9-3-4-10-20/h1-2,5-8,12H,3-4,9-11H2. The third kappa shape index (κ3) is 2.60. The first kappa shape index (κ1) is 14.7. The molecule has 6 heteroatoms. The first-order valence-corrected chi connectivity index (χ1v) is 8.04. The molecule has 1 saturated heterocycles. The van der Waals surface area contributed by atoms with Gasteiger partial charge >= 0.3 is 0 Å². The molecule has 0 atom stereocenters. The summed E-state index contributed by atoms with van der Waals surface area (Å²) in [5.74, 6) is 0.813. The molecule has 1 amide bonds. The van der Waals surface area contributed by atoms with Crippen molar-refractivity contribution in [1.82, 2.24) is 14.5 Å². The smallest absolute Gasteiger partial charge is 0.289 e. The van der Waals surface area contributed by atoms with Crippen LogP contribution in [0.2, 0.25) is 0 Å². The van der Waals surface area contributed by atoms with E-state index in [1.54, 1.807) is 29.2 Å². The molecule has 0 saturated carbocycles. The number of carbonyl (C=O) groups is 1. The number of hydrogen-bond donors (Lipinski definition) is 0. The third-order valence-corrected chi connectivity index (χ3v) is 4.32. The fourth-order valence-corrected chi connectivity index (χ4v) is 3.04. The Hall–Kier alpha value is -2.89. The Balaban J connectivity index is 1.59. The lowest BCUT2D eigenvalue weighted by atomic mass is 10.2. The van der Waals surface area contributed by atoms with Crippen LogP contribution in [0.25, 0.3) is 10.9 Å². The number of carbonyl (C=O) groups excluding carboxylic acids is 1. The van der Waals surface area contributed by atoms with E-state index in [-0.39, 0.29) is 18.0 Å². The topological polar surface area (TPSA) is 68.3 Å². The minimum atomic E-state index is -0.121. The lowest BCUT2D eigenvalue weighted by Gasteiger charge is -2.12. The number of furan rings is 1. The highest BCUT2D eigenvalue weighted by Gasteiger charge is 2.22. The number of hydrogen-bond acceptors (Lipinski definition) is 4. The number of rotatable bonds is 3. The van der Waals surface area contributed by atoms with Crippen LogP contribution < -0.4 is 5.56 Å². The Morgan fingerprint density at radius 1 is 1.12 bits per heavy atom. The van der Waals surface area contributed by atoms with E-state index < -0.39 is 0 Å². The summed E-state index contributed by atoms with van der Waals surface area (Å²) in [6, 6.07) is 10.6. The van der Waals surface area contributed by atoms with Crippen molar-refractivity contribution < 1.29 is 9.21 Å². The van der Waals surface area contributed by atoms with Gasteiger partial charge in [-0.3, -0.25) is 14.2 Å². The second-order valence-corrected chi connectivity index (χ2v) is 5.96. The van der Waals surface area contributed by atoms with Gasteiger partial charge in [-0.25, -0.2) is 4.98 Å². The zero-order chi connectivity index (χ0) is 16.5. The second-order valence-electron chi connectivity index (χ2n) is 5.96. The van der Waals surface area contributed by atoms with Crippen molar-refractivity contribution in [3.8, 4) is 0 Å². The van der Waals surface area contributed by atoms with Gasteiger partial charge in [0.25, 0.3) is 11.5 Å². The van der Waals surface area contributed by atoms with Gasteiger partial charge < -0.3 is 9.32 Å². The van der Waals surface area contributed by atoms with Gasteiger partial charge in [-0.15, -0.1) is 0 Å². The predicted octanol–water partition coefficient (Wildman–Crippen LogP) is 2.27. The van der Waals surface area contributed by atoms with Crippen LogP contribution in [0.5, 0.6) is 0 Å². The summed E-state index contributed by atoms with van der Waals surface area (Å²) in [5.41, 5.74) is 0.549. The third-order valence-electron chi connectivity index (χ3n) is 4.32. The largest absolute Gasteiger partial charge is 0.454 e. The van der Waals surface area contributed by atoms with Crippen LogP contribution in [0.1, 0.15) is 29.2 Å². The molecule has 0 bridgehead atoms. The van der Waals surface area contributed by atoms with Crippen molar-refractivity contribution in [2.75, 3.05) is 13.1 Å². The molecule has 1 aromatic carbocycles. The second kappa shape index (κ2) is 5.96. The Bertz CT molecular complexity index is 951. The van der Waals surface area contributed by atoms with Crippen molar-refractivity contribution in [3.05, 3.63) is 64.6 Å². The number of para-hydroxylation sites is 1. The van der Waals surface area contributed by atoms with Gasteiger partial charge in [0.15, 0.2) is 5.76 Å². The number of fused-ring (bicyclic) bond motifs is 1. The van der Waals surface area contributed by atoms with Crippen LogP contribution in [0.15, 0.2) is 51.9 Å². The van der Waals surface area contributed by atoms with Crippen molar-refractivity contribution >= 4 is 16.8 Å². The van der Waals surface area contributed by atoms with Crippen molar-refractivity contribution in [2.45, 2.75) is 19.4 Å². The minimum Gasteiger partial charge on any atom is -0.454 e. The van der Waals surface area contributed by atoms with Crippen molar-refractivity contribution in [1.29, 1.82) is 0 Å². The summed E-state index contributed by atoms with van der Waals surface area (Å²) in [5, 5.41) is 0.569. The number of amides is 1. The Kier molecular flexibility index (Phi) is 3.65. The first-order chi connectivity index (χ1) is 11.7. The minimum absolute atomic E-state index is 0.0808. The zero-order valence-corrected chi connectivity index (χ0v) is 13.1. The molecule has 4 rings (SSSR count). The van der Waals surface area contributed by atoms with Gasteiger partial charge in [0.05, 0.1) is 23.8 Å². The monoisotopic (exact) mass is 323 g/mol. The highest BCUT2D eigenvalue weighted by molar-refractivity contribution is 5.91. The quantitative estimate of drug-likeness (QED) is 0.741. The summed E-state index contributed by atoms with van der Waals surface area (Å²) in [6.07, 6.45) is 3.59. The van der Waals surface area contributed by atoms with E-state index in [2.05, 4.69) is 4.98 Å². The van der Waals surface area contributed by atoms with Crippen LogP contribution in [0, 0.1) is 0 Å². The van der Waals surface area contributed by atoms with E-state index in [1.807, 2.05) is 12.1 Å². The summed E-state index contributed by atoms with van der Waals surface area (Å²) in [6.45, 7) is 1.82. The molecule has 1 aliphatic heterocycles. The number of nitrogens with zero attached hydrogens (tertiary/aromatic N) is 3. The molecule has 24 heavy (non-hydrogen) atoms. The van der Waals surface area contributed by atoms with E-state index in [1.165, 1.54) is 10.9 Å². The maximum Gasteiger partial charge on any atom is 0.289 e. The molecule has 0 unspecified atom stereocenters. The first-order valence-electron chi connectivity index (χ1n) is 8.04. The molecule has 3 heterocycles. The van der Waals surface area contributed by atoms with Crippen LogP contribution in [0.3, 0.4) is 0 Å². The Labute approximate surface area is 138 Å². The molecule has 1 aliphatic rings. The fourth-order valence-electron chi connectivity index (χ4n) is 3.04. The van der Waals surface area contributed by atoms with Gasteiger partial charge in [-0.1, -0.05) is 12.1 Å². The average Bonchev–Trinajstić information content (AvgIpc) is 3.29. The fraction of sp³-hybridized carbons (Fsp3) is 0.278. The van der Waals surface area contributed by atoms with E-state index in [4.69, 9.17) is 4.42 Å². The summed E-state index contributed by atoms with van der Waals surface area (Å²) in [7, 11) is 0. The normalized spacial score (nSPS) is 14.4. The van der Waals surface area contributed by atoms with E-state index >= 15 is 0 Å². The lowest BCUT2D eigenvalue weighted by Crippen LogP contribution is -2.27. The van der Waals surface area contributed by atoms with Crippen molar-refractivity contribution in [3.63, 3.8) is 0 Å². The van der Waals surface area contributed by atoms with E-state index in [0.29, 0.717) is 22.4 Å². The highest BCUT2D eigenvalue weighted by Crippen LogP contribution is 2.16. The van der Waals surface area contributed by atoms with Crippen LogP contribution >= 0.6 is 0 Å². The van der Waals surface area contributed by atoms with E-state index in [9.17, 15) is 9.59 Å². The SMILES string of the molecule is O=C(c1ccc(Cn2cnc3ccccc3c2=O)o1)N1CCCC1. The van der Waals surface area contributed by atoms with E-state index in [0.717, 1.165) is 25.9 Å². The van der Waals surface area contributed by atoms with Crippen LogP contribution in [-0.2, 0) is 6.54 Å². The molecule has 6 nitrogen and oxygen atoms in total. The summed E-state index contributed by atoms with van der Waals surface area (Å²) in [4.78, 5) is 30.9. The summed E-state index contributed by atoms with van der Waals surface area (Å²) < 4.78 is 7.14. The number of aromatic nitrogens is 2. The van der Waals surface area contributed by atoms with Gasteiger partial charge in [-0.05, 0) is 37.1 Å². The molecule has 1 fully saturated rings. The van der Waals surface area contributed by atoms with Crippen LogP contribution in [0.4, 0.5) is 0 Å². The summed E-state index contributed by atoms with van der Waals surface area (Å²) >= 11 is 0. The maximum absolute atomic E-state index is 12.5. The number of likely N-dealkylation sites (tertiary alicyclic amines) is 1. The Morgan fingerprint density at radius 2 is 1.92 bits per heavy atom. The maximum atomic E-state index is 12.5.